The van der Waals surface area contributed by atoms with Gasteiger partial charge in [0.15, 0.2) is 0 Å². The average Bonchev–Trinajstić information content (AvgIpc) is 2.73. The second-order valence-electron chi connectivity index (χ2n) is 4.56. The van der Waals surface area contributed by atoms with Crippen LogP contribution < -0.4 is 5.32 Å². The van der Waals surface area contributed by atoms with E-state index in [1.807, 2.05) is 6.08 Å². The van der Waals surface area contributed by atoms with E-state index in [1.54, 1.807) is 0 Å². The predicted molar refractivity (Wildman–Crippen MR) is 67.2 cm³/mol. The molecule has 15 heavy (non-hydrogen) atoms. The van der Waals surface area contributed by atoms with Crippen LogP contribution in [-0.4, -0.2) is 36.6 Å². The van der Waals surface area contributed by atoms with Crippen LogP contribution in [0, 0.1) is 0 Å². The number of likely N-dealkylation sites (N-methyl/N-ethyl adjacent to an activating group) is 1. The highest BCUT2D eigenvalue weighted by atomic mass is 15.2. The Bertz CT molecular complexity index is 173. The molecule has 1 aliphatic rings. The van der Waals surface area contributed by atoms with Crippen LogP contribution in [0.2, 0.25) is 0 Å². The summed E-state index contributed by atoms with van der Waals surface area (Å²) in [6.07, 6.45) is 7.58. The molecule has 1 rings (SSSR count). The molecule has 1 atom stereocenters. The Morgan fingerprint density at radius 2 is 2.13 bits per heavy atom. The van der Waals surface area contributed by atoms with Crippen LogP contribution in [0.25, 0.3) is 0 Å². The SMILES string of the molecule is C=CCNCC(C)N(CC)C1CCCC1. The maximum absolute atomic E-state index is 3.72. The average molecular weight is 210 g/mol. The van der Waals surface area contributed by atoms with Gasteiger partial charge in [-0.05, 0) is 26.3 Å². The van der Waals surface area contributed by atoms with Gasteiger partial charge in [-0.25, -0.2) is 0 Å². The number of hydrogen-bond acceptors (Lipinski definition) is 2. The van der Waals surface area contributed by atoms with Crippen LogP contribution in [0.5, 0.6) is 0 Å². The van der Waals surface area contributed by atoms with Gasteiger partial charge in [-0.1, -0.05) is 25.8 Å². The molecule has 0 radical (unpaired) electrons. The van der Waals surface area contributed by atoms with Gasteiger partial charge in [0.2, 0.25) is 0 Å². The summed E-state index contributed by atoms with van der Waals surface area (Å²) in [6.45, 7) is 11.5. The molecule has 1 fully saturated rings. The molecule has 1 saturated carbocycles. The summed E-state index contributed by atoms with van der Waals surface area (Å²) in [5, 5.41) is 3.41. The minimum Gasteiger partial charge on any atom is -0.312 e. The van der Waals surface area contributed by atoms with Crippen LogP contribution >= 0.6 is 0 Å². The molecular weight excluding hydrogens is 184 g/mol. The monoisotopic (exact) mass is 210 g/mol. The number of nitrogens with zero attached hydrogens (tertiary/aromatic N) is 1. The van der Waals surface area contributed by atoms with Crippen molar-refractivity contribution in [2.75, 3.05) is 19.6 Å². The van der Waals surface area contributed by atoms with Gasteiger partial charge >= 0.3 is 0 Å². The summed E-state index contributed by atoms with van der Waals surface area (Å²) in [5.74, 6) is 0. The van der Waals surface area contributed by atoms with E-state index in [9.17, 15) is 0 Å². The largest absolute Gasteiger partial charge is 0.312 e. The summed E-state index contributed by atoms with van der Waals surface area (Å²) in [4.78, 5) is 2.66. The van der Waals surface area contributed by atoms with E-state index in [1.165, 1.54) is 32.2 Å². The molecule has 2 nitrogen and oxygen atoms in total. The van der Waals surface area contributed by atoms with E-state index in [-0.39, 0.29) is 0 Å². The molecule has 0 saturated heterocycles. The molecule has 0 aromatic rings. The van der Waals surface area contributed by atoms with Crippen LogP contribution in [0.15, 0.2) is 12.7 Å². The van der Waals surface area contributed by atoms with E-state index in [0.717, 1.165) is 19.1 Å². The Morgan fingerprint density at radius 1 is 1.47 bits per heavy atom. The smallest absolute Gasteiger partial charge is 0.0195 e. The highest BCUT2D eigenvalue weighted by molar-refractivity contribution is 4.82. The predicted octanol–water partition coefficient (Wildman–Crippen LogP) is 2.42. The number of hydrogen-bond donors (Lipinski definition) is 1. The van der Waals surface area contributed by atoms with Crippen molar-refractivity contribution in [3.05, 3.63) is 12.7 Å². The standard InChI is InChI=1S/C13H26N2/c1-4-10-14-11-12(3)15(5-2)13-8-6-7-9-13/h4,12-14H,1,5-11H2,2-3H3. The maximum Gasteiger partial charge on any atom is 0.0195 e. The molecule has 0 aromatic heterocycles. The third-order valence-corrected chi connectivity index (χ3v) is 3.45. The van der Waals surface area contributed by atoms with Gasteiger partial charge in [0.05, 0.1) is 0 Å². The normalized spacial score (nSPS) is 19.7. The summed E-state index contributed by atoms with van der Waals surface area (Å²) in [5.41, 5.74) is 0. The van der Waals surface area contributed by atoms with E-state index < -0.39 is 0 Å². The van der Waals surface area contributed by atoms with E-state index in [2.05, 4.69) is 30.6 Å². The summed E-state index contributed by atoms with van der Waals surface area (Å²) >= 11 is 0. The molecular formula is C13H26N2. The summed E-state index contributed by atoms with van der Waals surface area (Å²) < 4.78 is 0. The third kappa shape index (κ3) is 3.96. The lowest BCUT2D eigenvalue weighted by molar-refractivity contribution is 0.152. The second-order valence-corrected chi connectivity index (χ2v) is 4.56. The first-order chi connectivity index (χ1) is 7.29. The highest BCUT2D eigenvalue weighted by Gasteiger charge is 2.24. The molecule has 0 bridgehead atoms. The Kier molecular flexibility index (Phi) is 5.96. The summed E-state index contributed by atoms with van der Waals surface area (Å²) in [7, 11) is 0. The molecule has 0 aromatic carbocycles. The second kappa shape index (κ2) is 7.02. The molecule has 0 heterocycles. The zero-order chi connectivity index (χ0) is 11.1. The molecule has 1 aliphatic carbocycles. The molecule has 0 aliphatic heterocycles. The van der Waals surface area contributed by atoms with E-state index in [4.69, 9.17) is 0 Å². The Labute approximate surface area is 94.7 Å². The molecule has 1 N–H and O–H groups in total. The zero-order valence-electron chi connectivity index (χ0n) is 10.3. The minimum absolute atomic E-state index is 0.651. The Morgan fingerprint density at radius 3 is 2.67 bits per heavy atom. The Balaban J connectivity index is 2.31. The van der Waals surface area contributed by atoms with Gasteiger partial charge in [0.25, 0.3) is 0 Å². The lowest BCUT2D eigenvalue weighted by Gasteiger charge is -2.33. The first kappa shape index (κ1) is 12.7. The molecule has 0 spiro atoms. The van der Waals surface area contributed by atoms with Crippen LogP contribution in [0.3, 0.4) is 0 Å². The fourth-order valence-corrected chi connectivity index (χ4v) is 2.68. The lowest BCUT2D eigenvalue weighted by atomic mass is 10.1. The fraction of sp³-hybridized carbons (Fsp3) is 0.846. The van der Waals surface area contributed by atoms with Gasteiger partial charge in [-0.3, -0.25) is 4.90 Å². The van der Waals surface area contributed by atoms with Crippen LogP contribution in [0.1, 0.15) is 39.5 Å². The van der Waals surface area contributed by atoms with Gasteiger partial charge < -0.3 is 5.32 Å². The van der Waals surface area contributed by atoms with Crippen molar-refractivity contribution >= 4 is 0 Å². The van der Waals surface area contributed by atoms with Gasteiger partial charge in [-0.15, -0.1) is 6.58 Å². The van der Waals surface area contributed by atoms with Crippen molar-refractivity contribution in [1.29, 1.82) is 0 Å². The number of nitrogens with one attached hydrogen (secondary N) is 1. The summed E-state index contributed by atoms with van der Waals surface area (Å²) in [6, 6.07) is 1.49. The molecule has 1 unspecified atom stereocenters. The lowest BCUT2D eigenvalue weighted by Crippen LogP contribution is -2.45. The quantitative estimate of drug-likeness (QED) is 0.513. The maximum atomic E-state index is 3.72. The molecule has 0 amide bonds. The van der Waals surface area contributed by atoms with Crippen LogP contribution in [-0.2, 0) is 0 Å². The topological polar surface area (TPSA) is 15.3 Å². The van der Waals surface area contributed by atoms with Gasteiger partial charge in [0.1, 0.15) is 0 Å². The van der Waals surface area contributed by atoms with Crippen LogP contribution in [0.4, 0.5) is 0 Å². The third-order valence-electron chi connectivity index (χ3n) is 3.45. The van der Waals surface area contributed by atoms with Crippen molar-refractivity contribution in [2.24, 2.45) is 0 Å². The first-order valence-electron chi connectivity index (χ1n) is 6.37. The number of rotatable bonds is 7. The van der Waals surface area contributed by atoms with E-state index >= 15 is 0 Å². The highest BCUT2D eigenvalue weighted by Crippen LogP contribution is 2.24. The van der Waals surface area contributed by atoms with Crippen molar-refractivity contribution in [2.45, 2.75) is 51.6 Å². The van der Waals surface area contributed by atoms with Gasteiger partial charge in [0, 0.05) is 25.2 Å². The molecule has 2 heteroatoms. The Hall–Kier alpha value is -0.340. The minimum atomic E-state index is 0.651. The van der Waals surface area contributed by atoms with Crippen molar-refractivity contribution < 1.29 is 0 Å². The fourth-order valence-electron chi connectivity index (χ4n) is 2.68. The molecule has 88 valence electrons. The zero-order valence-corrected chi connectivity index (χ0v) is 10.3. The van der Waals surface area contributed by atoms with E-state index in [0.29, 0.717) is 6.04 Å². The first-order valence-corrected chi connectivity index (χ1v) is 6.37. The van der Waals surface area contributed by atoms with Gasteiger partial charge in [-0.2, -0.15) is 0 Å². The van der Waals surface area contributed by atoms with Crippen molar-refractivity contribution in [3.8, 4) is 0 Å². The van der Waals surface area contributed by atoms with Crippen molar-refractivity contribution in [3.63, 3.8) is 0 Å². The van der Waals surface area contributed by atoms with Crippen molar-refractivity contribution in [1.82, 2.24) is 10.2 Å².